The maximum atomic E-state index is 14.6. The number of hydrogen-bond acceptors (Lipinski definition) is 8. The molecule has 0 bridgehead atoms. The van der Waals surface area contributed by atoms with Crippen LogP contribution in [0.25, 0.3) is 22.3 Å². The van der Waals surface area contributed by atoms with Crippen molar-refractivity contribution in [2.24, 2.45) is 0 Å². The number of halogens is 1. The number of aliphatic hydroxyl groups is 1. The van der Waals surface area contributed by atoms with Crippen LogP contribution in [0.3, 0.4) is 0 Å². The molecular weight excluding hydrogens is 545 g/mol. The first-order valence-corrected chi connectivity index (χ1v) is 14.7. The number of rotatable bonds is 8. The Morgan fingerprint density at radius 3 is 2.63 bits per heavy atom. The highest BCUT2D eigenvalue weighted by atomic mass is 32.2. The van der Waals surface area contributed by atoms with Crippen molar-refractivity contribution in [2.75, 3.05) is 30.3 Å². The molecule has 1 aliphatic heterocycles. The third-order valence-electron chi connectivity index (χ3n) is 6.83. The highest BCUT2D eigenvalue weighted by molar-refractivity contribution is 7.85. The van der Waals surface area contributed by atoms with E-state index in [0.717, 1.165) is 30.0 Å². The number of nitrogens with zero attached hydrogens (tertiary/aromatic N) is 4. The van der Waals surface area contributed by atoms with Gasteiger partial charge in [-0.05, 0) is 68.8 Å². The van der Waals surface area contributed by atoms with E-state index in [0.29, 0.717) is 27.4 Å². The van der Waals surface area contributed by atoms with E-state index < -0.39 is 22.5 Å². The molecule has 4 aromatic rings. The summed E-state index contributed by atoms with van der Waals surface area (Å²) in [5.41, 5.74) is 2.93. The van der Waals surface area contributed by atoms with E-state index in [9.17, 15) is 13.4 Å². The summed E-state index contributed by atoms with van der Waals surface area (Å²) in [6, 6.07) is 14.0. The van der Waals surface area contributed by atoms with Crippen LogP contribution in [0.15, 0.2) is 59.6 Å². The SMILES string of the molecule is Cc1cc(F)c(C(=O)NCc2cc3nc(-c4cccc(N5CC(C)OC(C)C5)n4)ccc3cn2)cc1S(=O)CCO. The number of aliphatic hydroxyl groups excluding tert-OH is 1. The minimum absolute atomic E-state index is 0.00890. The van der Waals surface area contributed by atoms with Gasteiger partial charge in [0.1, 0.15) is 11.6 Å². The maximum absolute atomic E-state index is 14.6. The molecule has 3 atom stereocenters. The molecule has 2 N–H and O–H groups in total. The summed E-state index contributed by atoms with van der Waals surface area (Å²) in [6.45, 7) is 7.03. The van der Waals surface area contributed by atoms with Crippen molar-refractivity contribution in [3.63, 3.8) is 0 Å². The van der Waals surface area contributed by atoms with Crippen LogP contribution in [0.5, 0.6) is 0 Å². The van der Waals surface area contributed by atoms with Crippen molar-refractivity contribution in [1.29, 1.82) is 0 Å². The van der Waals surface area contributed by atoms with E-state index in [-0.39, 0.29) is 36.7 Å². The van der Waals surface area contributed by atoms with Crippen LogP contribution in [0.1, 0.15) is 35.5 Å². The number of hydrogen-bond donors (Lipinski definition) is 2. The second-order valence-corrected chi connectivity index (χ2v) is 11.7. The highest BCUT2D eigenvalue weighted by Gasteiger charge is 2.23. The molecule has 5 rings (SSSR count). The molecule has 3 aromatic heterocycles. The lowest BCUT2D eigenvalue weighted by Crippen LogP contribution is -2.45. The van der Waals surface area contributed by atoms with Crippen molar-refractivity contribution in [2.45, 2.75) is 44.4 Å². The van der Waals surface area contributed by atoms with Gasteiger partial charge in [-0.25, -0.2) is 14.4 Å². The van der Waals surface area contributed by atoms with E-state index in [1.807, 2.05) is 30.3 Å². The Morgan fingerprint density at radius 1 is 1.12 bits per heavy atom. The first kappa shape index (κ1) is 28.7. The fraction of sp³-hybridized carbons (Fsp3) is 0.333. The number of aromatic nitrogens is 3. The standard InChI is InChI=1S/C30H32FN5O4S/c1-18-11-24(31)23(13-28(18)41(39)10-9-37)30(38)33-15-22-12-27-21(14-32-22)7-8-26(34-27)25-5-4-6-29(35-25)36-16-19(2)40-20(3)17-36/h4-8,11-14,19-20,37H,9-10,15-17H2,1-3H3,(H,33,38). The summed E-state index contributed by atoms with van der Waals surface area (Å²) >= 11 is 0. The predicted octanol–water partition coefficient (Wildman–Crippen LogP) is 3.78. The number of pyridine rings is 3. The van der Waals surface area contributed by atoms with Crippen LogP contribution in [0.4, 0.5) is 10.2 Å². The summed E-state index contributed by atoms with van der Waals surface area (Å²) < 4.78 is 32.8. The zero-order chi connectivity index (χ0) is 29.1. The Hall–Kier alpha value is -3.80. The van der Waals surface area contributed by atoms with Crippen molar-refractivity contribution in [3.05, 3.63) is 77.4 Å². The molecule has 1 aliphatic rings. The minimum Gasteiger partial charge on any atom is -0.395 e. The minimum atomic E-state index is -1.54. The Balaban J connectivity index is 1.34. The zero-order valence-corrected chi connectivity index (χ0v) is 23.9. The quantitative estimate of drug-likeness (QED) is 0.325. The molecule has 4 heterocycles. The average Bonchev–Trinajstić information content (AvgIpc) is 2.95. The molecule has 0 radical (unpaired) electrons. The molecule has 0 aliphatic carbocycles. The Bertz CT molecular complexity index is 1610. The molecule has 214 valence electrons. The number of morpholine rings is 1. The number of carbonyl (C=O) groups excluding carboxylic acids is 1. The number of anilines is 1. The van der Waals surface area contributed by atoms with Crippen LogP contribution < -0.4 is 10.2 Å². The monoisotopic (exact) mass is 577 g/mol. The summed E-state index contributed by atoms with van der Waals surface area (Å²) in [5, 5.41) is 12.6. The Morgan fingerprint density at radius 2 is 1.88 bits per heavy atom. The van der Waals surface area contributed by atoms with Gasteiger partial charge in [0.05, 0.1) is 70.1 Å². The van der Waals surface area contributed by atoms with Gasteiger partial charge in [0.2, 0.25) is 0 Å². The number of aryl methyl sites for hydroxylation is 1. The van der Waals surface area contributed by atoms with Crippen molar-refractivity contribution in [1.82, 2.24) is 20.3 Å². The van der Waals surface area contributed by atoms with Crippen LogP contribution in [-0.2, 0) is 22.1 Å². The number of ether oxygens (including phenoxy) is 1. The van der Waals surface area contributed by atoms with Gasteiger partial charge in [0.15, 0.2) is 0 Å². The van der Waals surface area contributed by atoms with Gasteiger partial charge in [-0.3, -0.25) is 14.0 Å². The maximum Gasteiger partial charge on any atom is 0.254 e. The lowest BCUT2D eigenvalue weighted by Gasteiger charge is -2.36. The molecule has 0 saturated carbocycles. The van der Waals surface area contributed by atoms with E-state index in [4.69, 9.17) is 19.8 Å². The number of carbonyl (C=O) groups is 1. The molecule has 0 spiro atoms. The summed E-state index contributed by atoms with van der Waals surface area (Å²) in [5.74, 6) is -0.481. The van der Waals surface area contributed by atoms with E-state index in [2.05, 4.69) is 29.0 Å². The molecule has 1 fully saturated rings. The van der Waals surface area contributed by atoms with Crippen LogP contribution in [0, 0.1) is 12.7 Å². The Kier molecular flexibility index (Phi) is 8.67. The van der Waals surface area contributed by atoms with Crippen molar-refractivity contribution in [3.8, 4) is 11.4 Å². The topological polar surface area (TPSA) is 118 Å². The van der Waals surface area contributed by atoms with Crippen LogP contribution >= 0.6 is 0 Å². The molecule has 1 saturated heterocycles. The molecule has 41 heavy (non-hydrogen) atoms. The largest absolute Gasteiger partial charge is 0.395 e. The predicted molar refractivity (Wildman–Crippen MR) is 156 cm³/mol. The summed E-state index contributed by atoms with van der Waals surface area (Å²) in [6.07, 6.45) is 1.92. The van der Waals surface area contributed by atoms with Crippen LogP contribution in [0.2, 0.25) is 0 Å². The van der Waals surface area contributed by atoms with Gasteiger partial charge < -0.3 is 20.1 Å². The van der Waals surface area contributed by atoms with E-state index in [1.165, 1.54) is 12.1 Å². The zero-order valence-electron chi connectivity index (χ0n) is 23.1. The lowest BCUT2D eigenvalue weighted by atomic mass is 10.1. The molecule has 3 unspecified atom stereocenters. The fourth-order valence-electron chi connectivity index (χ4n) is 4.94. The molecule has 9 nitrogen and oxygen atoms in total. The first-order chi connectivity index (χ1) is 19.7. The van der Waals surface area contributed by atoms with Crippen molar-refractivity contribution >= 4 is 33.4 Å². The molecular formula is C30H32FN5O4S. The lowest BCUT2D eigenvalue weighted by molar-refractivity contribution is -0.00545. The highest BCUT2D eigenvalue weighted by Crippen LogP contribution is 2.24. The van der Waals surface area contributed by atoms with Crippen molar-refractivity contribution < 1.29 is 23.2 Å². The number of amides is 1. The second-order valence-electron chi connectivity index (χ2n) is 10.2. The summed E-state index contributed by atoms with van der Waals surface area (Å²) in [7, 11) is -1.54. The average molecular weight is 578 g/mol. The Labute approximate surface area is 240 Å². The number of nitrogens with one attached hydrogen (secondary N) is 1. The number of benzene rings is 1. The number of fused-ring (bicyclic) bond motifs is 1. The molecule has 1 aromatic carbocycles. The smallest absolute Gasteiger partial charge is 0.254 e. The molecule has 11 heteroatoms. The van der Waals surface area contributed by atoms with Gasteiger partial charge in [-0.15, -0.1) is 0 Å². The van der Waals surface area contributed by atoms with Crippen LogP contribution in [-0.4, -0.2) is 67.8 Å². The van der Waals surface area contributed by atoms with Gasteiger partial charge in [-0.2, -0.15) is 0 Å². The molecule has 1 amide bonds. The third-order valence-corrected chi connectivity index (χ3v) is 8.32. The van der Waals surface area contributed by atoms with Gasteiger partial charge >= 0.3 is 0 Å². The van der Waals surface area contributed by atoms with E-state index in [1.54, 1.807) is 19.2 Å². The van der Waals surface area contributed by atoms with Gasteiger partial charge in [-0.1, -0.05) is 6.07 Å². The third kappa shape index (κ3) is 6.58. The first-order valence-electron chi connectivity index (χ1n) is 13.4. The van der Waals surface area contributed by atoms with E-state index >= 15 is 0 Å². The second kappa shape index (κ2) is 12.4. The fourth-order valence-corrected chi connectivity index (χ4v) is 5.99. The van der Waals surface area contributed by atoms with Gasteiger partial charge in [0.25, 0.3) is 5.91 Å². The van der Waals surface area contributed by atoms with Gasteiger partial charge in [0, 0.05) is 29.6 Å². The normalized spacial score (nSPS) is 17.9. The summed E-state index contributed by atoms with van der Waals surface area (Å²) in [4.78, 5) is 29.5.